The van der Waals surface area contributed by atoms with Gasteiger partial charge in [0.05, 0.1) is 85.6 Å². The van der Waals surface area contributed by atoms with Crippen molar-refractivity contribution in [1.82, 2.24) is 34.3 Å². The number of azide groups is 1. The van der Waals surface area contributed by atoms with Gasteiger partial charge in [0.15, 0.2) is 0 Å². The molecule has 8 aliphatic heterocycles. The second kappa shape index (κ2) is 31.4. The SMILES string of the molecule is CCC1OCCC1O.CN1CC[N+](C)=C1N=[N+]=[N-].CO.CO[P+](N=C1N(C)CCN1C)(OC)OC1CCOC1COP(=O)(N=C1N(C)CCN1C)OC1CCOC1COP(=O)(N=C1N(C)CCN1C)OC1CCOC1CO.F[P-](F)(F)(F)(F)F. The second-order valence-electron chi connectivity index (χ2n) is 20.3. The van der Waals surface area contributed by atoms with Crippen LogP contribution in [0.2, 0.25) is 0 Å². The third-order valence-electron chi connectivity index (χ3n) is 13.9. The van der Waals surface area contributed by atoms with E-state index in [0.29, 0.717) is 82.5 Å². The van der Waals surface area contributed by atoms with E-state index in [9.17, 15) is 39.4 Å². The van der Waals surface area contributed by atoms with E-state index >= 15 is 0 Å². The average molecular weight is 1310 g/mol. The van der Waals surface area contributed by atoms with Crippen molar-refractivity contribution >= 4 is 55.2 Å². The molecular weight excluding hydrogens is 1220 g/mol. The number of aliphatic hydroxyl groups excluding tert-OH is 3. The van der Waals surface area contributed by atoms with Crippen molar-refractivity contribution in [3.63, 3.8) is 0 Å². The van der Waals surface area contributed by atoms with E-state index < -0.39 is 68.0 Å². The van der Waals surface area contributed by atoms with Crippen LogP contribution < -0.4 is 0 Å². The molecule has 0 radical (unpaired) electrons. The predicted molar refractivity (Wildman–Crippen MR) is 301 cm³/mol. The number of guanidine groups is 4. The Morgan fingerprint density at radius 2 is 1.02 bits per heavy atom. The van der Waals surface area contributed by atoms with Crippen molar-refractivity contribution in [2.75, 3.05) is 176 Å². The number of likely N-dealkylation sites (N-methyl/N-ethyl adjacent to an activating group) is 8. The molecule has 10 unspecified atom stereocenters. The Labute approximate surface area is 487 Å². The van der Waals surface area contributed by atoms with E-state index in [0.717, 1.165) is 52.7 Å². The van der Waals surface area contributed by atoms with Gasteiger partial charge in [0.2, 0.25) is 17.9 Å². The van der Waals surface area contributed by atoms with Crippen LogP contribution in [0.5, 0.6) is 0 Å². The Bertz CT molecular complexity index is 2350. The molecule has 10 atom stereocenters. The number of aliphatic hydroxyl groups is 3. The Kier molecular flexibility index (Phi) is 27.4. The molecule has 0 aromatic carbocycles. The number of ether oxygens (including phenoxy) is 4. The van der Waals surface area contributed by atoms with Crippen molar-refractivity contribution in [1.29, 1.82) is 0 Å². The van der Waals surface area contributed by atoms with Gasteiger partial charge in [-0.1, -0.05) is 6.92 Å². The molecule has 0 aromatic rings. The van der Waals surface area contributed by atoms with E-state index in [1.165, 1.54) is 14.2 Å². The molecule has 8 aliphatic rings. The molecule has 0 saturated carbocycles. The van der Waals surface area contributed by atoms with Gasteiger partial charge in [-0.3, -0.25) is 27.6 Å². The molecule has 0 aromatic heterocycles. The van der Waals surface area contributed by atoms with Crippen LogP contribution >= 0.6 is 31.4 Å². The van der Waals surface area contributed by atoms with E-state index in [1.807, 2.05) is 102 Å². The molecular formula is C44H87F6N14O16P4+. The van der Waals surface area contributed by atoms with Crippen LogP contribution in [-0.4, -0.2) is 303 Å². The van der Waals surface area contributed by atoms with Crippen LogP contribution in [0.1, 0.15) is 39.0 Å². The average Bonchev–Trinajstić information content (AvgIpc) is 1.96. The molecule has 30 nitrogen and oxygen atoms in total. The minimum absolute atomic E-state index is 0.120. The summed E-state index contributed by atoms with van der Waals surface area (Å²) in [6.45, 7) is 9.07. The summed E-state index contributed by atoms with van der Waals surface area (Å²) in [5, 5.41) is 29.4. The summed E-state index contributed by atoms with van der Waals surface area (Å²) in [6, 6.07) is 0. The Morgan fingerprint density at radius 1 is 0.643 bits per heavy atom. The van der Waals surface area contributed by atoms with Crippen LogP contribution in [0.15, 0.2) is 19.4 Å². The maximum atomic E-state index is 14.8. The first-order valence-electron chi connectivity index (χ1n) is 27.0. The number of hydrogen-bond donors (Lipinski definition) is 3. The summed E-state index contributed by atoms with van der Waals surface area (Å²) in [5.41, 5.74) is 8.15. The summed E-state index contributed by atoms with van der Waals surface area (Å²) in [5.74, 6) is 2.27. The fourth-order valence-electron chi connectivity index (χ4n) is 9.18. The van der Waals surface area contributed by atoms with Crippen molar-refractivity contribution in [3.8, 4) is 0 Å². The normalized spacial score (nSPS) is 28.5. The summed E-state index contributed by atoms with van der Waals surface area (Å²) >= 11 is 0. The first-order chi connectivity index (χ1) is 39.2. The molecule has 8 rings (SSSR count). The Balaban J connectivity index is 0.000000457. The van der Waals surface area contributed by atoms with Crippen molar-refractivity contribution in [2.24, 2.45) is 19.4 Å². The summed E-state index contributed by atoms with van der Waals surface area (Å²) in [4.78, 5) is 16.1. The van der Waals surface area contributed by atoms with Crippen LogP contribution in [0.4, 0.5) is 25.2 Å². The van der Waals surface area contributed by atoms with Crippen LogP contribution in [0, 0.1) is 0 Å². The number of nitrogens with zero attached hydrogens (tertiary/aromatic N) is 14. The van der Waals surface area contributed by atoms with E-state index in [-0.39, 0.29) is 38.6 Å². The molecule has 0 spiro atoms. The van der Waals surface area contributed by atoms with Gasteiger partial charge >= 0.3 is 56.6 Å². The van der Waals surface area contributed by atoms with Crippen LogP contribution in [0.3, 0.4) is 0 Å². The standard InChI is InChI=1S/C32H61N9O13P3.C6H12O2.C5H10N5.CH4O.F6P/c1-36-12-13-37(2)30(36)33-55(43,52-24-9-18-47-27(24)21-42)50-22-28-25(10-19-48-28)53-56(44,34-31-38(3)14-15-39(31)4)51-23-29-26(11-20-49-29)54-57(45-7,46-8)35-32-40(5)16-17-41(32)6;1-2-6-5(7)3-4-8-6;1-9-3-4-10(2)5(9)7-8-6;1-2;1-7(2,3,4,5)6/h24-29,42H,9-23H2,1-8H3;5-7H,2-4H2,1H3;3-4H2,1-2H3;2H,1H3;/q+1;;+1;;-1. The Hall–Kier alpha value is -3.07. The molecule has 0 amide bonds. The van der Waals surface area contributed by atoms with Crippen LogP contribution in [0.25, 0.3) is 10.4 Å². The zero-order chi connectivity index (χ0) is 62.9. The van der Waals surface area contributed by atoms with Crippen molar-refractivity contribution in [2.45, 2.75) is 87.9 Å². The zero-order valence-electron chi connectivity index (χ0n) is 49.7. The van der Waals surface area contributed by atoms with Gasteiger partial charge in [0.25, 0.3) is 5.96 Å². The third kappa shape index (κ3) is 23.1. The minimum atomic E-state index is -10.7. The molecule has 0 bridgehead atoms. The van der Waals surface area contributed by atoms with Gasteiger partial charge < -0.3 is 63.7 Å². The molecule has 490 valence electrons. The second-order valence-corrected chi connectivity index (χ2v) is 27.5. The molecule has 7 saturated heterocycles. The van der Waals surface area contributed by atoms with Crippen molar-refractivity contribution in [3.05, 3.63) is 10.4 Å². The summed E-state index contributed by atoms with van der Waals surface area (Å²) < 4.78 is 169. The topological polar surface area (TPSA) is 308 Å². The van der Waals surface area contributed by atoms with Gasteiger partial charge in [0, 0.05) is 149 Å². The summed E-state index contributed by atoms with van der Waals surface area (Å²) in [7, 11) is -3.34. The van der Waals surface area contributed by atoms with Gasteiger partial charge in [-0.15, -0.1) is 9.53 Å². The third-order valence-corrected chi connectivity index (χ3v) is 18.6. The molecule has 0 aliphatic carbocycles. The molecule has 84 heavy (non-hydrogen) atoms. The summed E-state index contributed by atoms with van der Waals surface area (Å²) in [6.07, 6.45) is -1.38. The number of halogens is 6. The molecule has 7 fully saturated rings. The van der Waals surface area contributed by atoms with Gasteiger partial charge in [-0.25, -0.2) is 9.13 Å². The first-order valence-corrected chi connectivity index (χ1v) is 33.5. The monoisotopic (exact) mass is 1310 g/mol. The van der Waals surface area contributed by atoms with E-state index in [2.05, 4.69) is 19.6 Å². The maximum absolute atomic E-state index is 14.8. The van der Waals surface area contributed by atoms with E-state index in [1.54, 1.807) is 0 Å². The van der Waals surface area contributed by atoms with Gasteiger partial charge in [-0.2, -0.15) is 13.6 Å². The fourth-order valence-corrected chi connectivity index (χ4v) is 14.0. The zero-order valence-corrected chi connectivity index (χ0v) is 53.3. The molecule has 3 N–H and O–H groups in total. The van der Waals surface area contributed by atoms with Gasteiger partial charge in [-0.05, 0) is 18.4 Å². The molecule has 40 heteroatoms. The number of rotatable bonds is 19. The van der Waals surface area contributed by atoms with Crippen LogP contribution in [-0.2, 0) is 59.7 Å². The predicted octanol–water partition coefficient (Wildman–Crippen LogP) is 5.20. The fraction of sp³-hybridized carbons (Fsp3) is 0.909. The first kappa shape index (κ1) is 73.4. The number of hydrogen-bond acceptors (Lipinski definition) is 19. The van der Waals surface area contributed by atoms with Crippen molar-refractivity contribution < 1.29 is 105 Å². The molecule has 8 heterocycles. The van der Waals surface area contributed by atoms with Gasteiger partial charge in [0.1, 0.15) is 24.4 Å². The van der Waals surface area contributed by atoms with E-state index in [4.69, 9.17) is 71.1 Å². The quantitative estimate of drug-likeness (QED) is 0.0374. The Morgan fingerprint density at radius 3 is 1.38 bits per heavy atom.